The molecule has 108 valence electrons. The molecule has 0 saturated heterocycles. The van der Waals surface area contributed by atoms with E-state index in [4.69, 9.17) is 0 Å². The van der Waals surface area contributed by atoms with Crippen LogP contribution in [0, 0.1) is 5.41 Å². The molecular formula is C14H26N4O. The van der Waals surface area contributed by atoms with Crippen LogP contribution in [0.3, 0.4) is 0 Å². The fraction of sp³-hybridized carbons (Fsp3) is 0.714. The highest BCUT2D eigenvalue weighted by atomic mass is 16.2. The molecule has 1 rings (SSSR count). The third-order valence-corrected chi connectivity index (χ3v) is 3.00. The van der Waals surface area contributed by atoms with Crippen molar-refractivity contribution in [2.75, 3.05) is 6.54 Å². The maximum atomic E-state index is 11.9. The molecule has 5 heteroatoms. The first-order valence-corrected chi connectivity index (χ1v) is 6.77. The minimum atomic E-state index is -0.00222. The monoisotopic (exact) mass is 266 g/mol. The molecule has 0 aliphatic carbocycles. The quantitative estimate of drug-likeness (QED) is 0.818. The van der Waals surface area contributed by atoms with E-state index in [1.54, 1.807) is 12.5 Å². The minimum Gasteiger partial charge on any atom is -0.350 e. The fourth-order valence-electron chi connectivity index (χ4n) is 1.68. The van der Waals surface area contributed by atoms with E-state index < -0.39 is 0 Å². The molecule has 0 saturated carbocycles. The van der Waals surface area contributed by atoms with Gasteiger partial charge in [0.05, 0.1) is 18.9 Å². The Balaban J connectivity index is 2.58. The number of carbonyl (C=O) groups is 1. The lowest BCUT2D eigenvalue weighted by atomic mass is 9.86. The van der Waals surface area contributed by atoms with Crippen LogP contribution < -0.4 is 10.6 Å². The van der Waals surface area contributed by atoms with Gasteiger partial charge in [-0.05, 0) is 5.41 Å². The van der Waals surface area contributed by atoms with Gasteiger partial charge in [-0.25, -0.2) is 4.98 Å². The van der Waals surface area contributed by atoms with E-state index in [2.05, 4.69) is 36.4 Å². The summed E-state index contributed by atoms with van der Waals surface area (Å²) in [7, 11) is 0. The zero-order valence-electron chi connectivity index (χ0n) is 12.6. The Morgan fingerprint density at radius 3 is 2.53 bits per heavy atom. The van der Waals surface area contributed by atoms with Crippen molar-refractivity contribution < 1.29 is 4.79 Å². The molecule has 1 unspecified atom stereocenters. The smallest absolute Gasteiger partial charge is 0.234 e. The Bertz CT molecular complexity index is 379. The van der Waals surface area contributed by atoms with Crippen molar-refractivity contribution in [2.45, 2.75) is 53.2 Å². The van der Waals surface area contributed by atoms with Gasteiger partial charge in [-0.1, -0.05) is 34.6 Å². The molecule has 0 aliphatic rings. The summed E-state index contributed by atoms with van der Waals surface area (Å²) in [6, 6.07) is 0.385. The fourth-order valence-corrected chi connectivity index (χ4v) is 1.68. The normalized spacial score (nSPS) is 13.6. The molecule has 0 aromatic carbocycles. The Labute approximate surface area is 115 Å². The van der Waals surface area contributed by atoms with Crippen molar-refractivity contribution >= 4 is 5.91 Å². The first kappa shape index (κ1) is 15.7. The maximum absolute atomic E-state index is 11.9. The molecule has 1 aromatic rings. The van der Waals surface area contributed by atoms with Crippen molar-refractivity contribution in [3.8, 4) is 0 Å². The molecule has 0 fully saturated rings. The molecular weight excluding hydrogens is 240 g/mol. The standard InChI is InChI=1S/C14H26N4O/c1-11(2)16-8-13(19)17-12(14(3,4)5)9-18-7-6-15-10-18/h6-7,10-12,16H,8-9H2,1-5H3,(H,17,19). The van der Waals surface area contributed by atoms with Gasteiger partial charge in [0, 0.05) is 25.0 Å². The average Bonchev–Trinajstić information content (AvgIpc) is 2.77. The lowest BCUT2D eigenvalue weighted by molar-refractivity contribution is -0.121. The molecule has 0 bridgehead atoms. The van der Waals surface area contributed by atoms with Gasteiger partial charge >= 0.3 is 0 Å². The van der Waals surface area contributed by atoms with Crippen LogP contribution in [-0.2, 0) is 11.3 Å². The van der Waals surface area contributed by atoms with Gasteiger partial charge in [0.15, 0.2) is 0 Å². The van der Waals surface area contributed by atoms with Crippen LogP contribution in [0.15, 0.2) is 18.7 Å². The van der Waals surface area contributed by atoms with Crippen LogP contribution in [0.5, 0.6) is 0 Å². The molecule has 1 amide bonds. The molecule has 1 heterocycles. The van der Waals surface area contributed by atoms with E-state index in [0.29, 0.717) is 12.6 Å². The summed E-state index contributed by atoms with van der Waals surface area (Å²) in [5, 5.41) is 6.23. The number of hydrogen-bond acceptors (Lipinski definition) is 3. The number of carbonyl (C=O) groups excluding carboxylic acids is 1. The Morgan fingerprint density at radius 2 is 2.05 bits per heavy atom. The second-order valence-electron chi connectivity index (χ2n) is 6.28. The maximum Gasteiger partial charge on any atom is 0.234 e. The van der Waals surface area contributed by atoms with Gasteiger partial charge in [0.1, 0.15) is 0 Å². The molecule has 0 radical (unpaired) electrons. The van der Waals surface area contributed by atoms with E-state index in [1.807, 2.05) is 24.6 Å². The largest absolute Gasteiger partial charge is 0.350 e. The summed E-state index contributed by atoms with van der Waals surface area (Å²) < 4.78 is 1.99. The highest BCUT2D eigenvalue weighted by molar-refractivity contribution is 5.78. The van der Waals surface area contributed by atoms with Crippen LogP contribution >= 0.6 is 0 Å². The lowest BCUT2D eigenvalue weighted by Gasteiger charge is -2.32. The van der Waals surface area contributed by atoms with E-state index in [1.165, 1.54) is 0 Å². The van der Waals surface area contributed by atoms with E-state index in [0.717, 1.165) is 6.54 Å². The molecule has 0 spiro atoms. The predicted octanol–water partition coefficient (Wildman–Crippen LogP) is 1.41. The predicted molar refractivity (Wildman–Crippen MR) is 76.8 cm³/mol. The SMILES string of the molecule is CC(C)NCC(=O)NC(Cn1ccnc1)C(C)(C)C. The van der Waals surface area contributed by atoms with Gasteiger partial charge in [-0.15, -0.1) is 0 Å². The Morgan fingerprint density at radius 1 is 1.37 bits per heavy atom. The topological polar surface area (TPSA) is 59.0 Å². The summed E-state index contributed by atoms with van der Waals surface area (Å²) in [5.41, 5.74) is -0.00222. The first-order chi connectivity index (χ1) is 8.79. The van der Waals surface area contributed by atoms with E-state index in [9.17, 15) is 4.79 Å². The Hall–Kier alpha value is -1.36. The van der Waals surface area contributed by atoms with E-state index in [-0.39, 0.29) is 17.4 Å². The number of rotatable bonds is 6. The third kappa shape index (κ3) is 5.87. The van der Waals surface area contributed by atoms with Crippen molar-refractivity contribution in [2.24, 2.45) is 5.41 Å². The molecule has 5 nitrogen and oxygen atoms in total. The number of hydrogen-bond donors (Lipinski definition) is 2. The van der Waals surface area contributed by atoms with Crippen molar-refractivity contribution in [1.29, 1.82) is 0 Å². The summed E-state index contributed by atoms with van der Waals surface area (Å²) in [4.78, 5) is 16.0. The number of nitrogens with zero attached hydrogens (tertiary/aromatic N) is 2. The number of imidazole rings is 1. The number of aromatic nitrogens is 2. The van der Waals surface area contributed by atoms with Gasteiger partial charge in [-0.3, -0.25) is 4.79 Å². The van der Waals surface area contributed by atoms with Gasteiger partial charge in [0.2, 0.25) is 5.91 Å². The Kier molecular flexibility index (Phi) is 5.54. The second-order valence-corrected chi connectivity index (χ2v) is 6.28. The van der Waals surface area contributed by atoms with E-state index >= 15 is 0 Å². The van der Waals surface area contributed by atoms with Crippen LogP contribution in [0.25, 0.3) is 0 Å². The zero-order chi connectivity index (χ0) is 14.5. The number of amides is 1. The zero-order valence-corrected chi connectivity index (χ0v) is 12.6. The van der Waals surface area contributed by atoms with Crippen LogP contribution in [0.2, 0.25) is 0 Å². The van der Waals surface area contributed by atoms with Crippen molar-refractivity contribution in [1.82, 2.24) is 20.2 Å². The first-order valence-electron chi connectivity index (χ1n) is 6.77. The second kappa shape index (κ2) is 6.70. The van der Waals surface area contributed by atoms with Gasteiger partial charge in [0.25, 0.3) is 0 Å². The molecule has 1 atom stereocenters. The van der Waals surface area contributed by atoms with Crippen LogP contribution in [-0.4, -0.2) is 34.1 Å². The highest BCUT2D eigenvalue weighted by Crippen LogP contribution is 2.20. The average molecular weight is 266 g/mol. The van der Waals surface area contributed by atoms with Crippen molar-refractivity contribution in [3.63, 3.8) is 0 Å². The third-order valence-electron chi connectivity index (χ3n) is 3.00. The lowest BCUT2D eigenvalue weighted by Crippen LogP contribution is -2.49. The minimum absolute atomic E-state index is 0.00222. The molecule has 19 heavy (non-hydrogen) atoms. The number of nitrogens with one attached hydrogen (secondary N) is 2. The highest BCUT2D eigenvalue weighted by Gasteiger charge is 2.26. The van der Waals surface area contributed by atoms with Gasteiger partial charge in [-0.2, -0.15) is 0 Å². The van der Waals surface area contributed by atoms with Crippen LogP contribution in [0.1, 0.15) is 34.6 Å². The molecule has 1 aromatic heterocycles. The van der Waals surface area contributed by atoms with Crippen LogP contribution in [0.4, 0.5) is 0 Å². The molecule has 2 N–H and O–H groups in total. The summed E-state index contributed by atoms with van der Waals surface area (Å²) in [5.74, 6) is 0.0359. The molecule has 0 aliphatic heterocycles. The van der Waals surface area contributed by atoms with Crippen molar-refractivity contribution in [3.05, 3.63) is 18.7 Å². The summed E-state index contributed by atoms with van der Waals surface area (Å²) >= 11 is 0. The summed E-state index contributed by atoms with van der Waals surface area (Å²) in [6.45, 7) is 11.5. The van der Waals surface area contributed by atoms with Gasteiger partial charge < -0.3 is 15.2 Å². The summed E-state index contributed by atoms with van der Waals surface area (Å²) in [6.07, 6.45) is 5.44.